The van der Waals surface area contributed by atoms with Crippen molar-refractivity contribution in [2.45, 2.75) is 20.0 Å². The quantitative estimate of drug-likeness (QED) is 0.826. The lowest BCUT2D eigenvalue weighted by Gasteiger charge is -2.07. The molecule has 0 aliphatic carbocycles. The number of benzene rings is 2. The molecule has 0 saturated heterocycles. The Labute approximate surface area is 122 Å². The number of ketones is 1. The third kappa shape index (κ3) is 4.07. The van der Waals surface area contributed by atoms with Crippen LogP contribution >= 0.6 is 11.6 Å². The largest absolute Gasteiger partial charge is 0.489 e. The average molecular weight is 293 g/mol. The summed E-state index contributed by atoms with van der Waals surface area (Å²) >= 11 is 5.61. The van der Waals surface area contributed by atoms with Gasteiger partial charge in [0.2, 0.25) is 0 Å². The number of ether oxygens (including phenoxy) is 1. The molecular weight excluding hydrogens is 279 g/mol. The Morgan fingerprint density at radius 1 is 1.15 bits per heavy atom. The first-order chi connectivity index (χ1) is 9.54. The molecule has 0 bridgehead atoms. The molecule has 0 heterocycles. The number of Topliss-reactive ketones (excluding diaryl/α,β-unsaturated/α-hetero) is 1. The highest BCUT2D eigenvalue weighted by Crippen LogP contribution is 2.18. The monoisotopic (exact) mass is 292 g/mol. The molecule has 104 valence electrons. The van der Waals surface area contributed by atoms with Crippen molar-refractivity contribution in [3.63, 3.8) is 0 Å². The van der Waals surface area contributed by atoms with Crippen LogP contribution < -0.4 is 4.74 Å². The Bertz CT molecular complexity index is 608. The minimum atomic E-state index is -0.454. The summed E-state index contributed by atoms with van der Waals surface area (Å²) in [4.78, 5) is 11.0. The third-order valence-corrected chi connectivity index (χ3v) is 3.07. The van der Waals surface area contributed by atoms with E-state index in [-0.39, 0.29) is 17.4 Å². The molecule has 2 nitrogen and oxygen atoms in total. The lowest BCUT2D eigenvalue weighted by Crippen LogP contribution is -1.98. The van der Waals surface area contributed by atoms with Crippen molar-refractivity contribution in [3.8, 4) is 5.75 Å². The van der Waals surface area contributed by atoms with Crippen molar-refractivity contribution >= 4 is 17.4 Å². The molecule has 0 aliphatic rings. The molecule has 2 rings (SSSR count). The van der Waals surface area contributed by atoms with Gasteiger partial charge in [-0.05, 0) is 42.3 Å². The molecule has 0 atom stereocenters. The topological polar surface area (TPSA) is 26.3 Å². The lowest BCUT2D eigenvalue weighted by molar-refractivity contribution is -0.116. The highest BCUT2D eigenvalue weighted by atomic mass is 35.5. The first-order valence-electron chi connectivity index (χ1n) is 6.19. The fraction of sp³-hybridized carbons (Fsp3) is 0.188. The molecule has 0 N–H and O–H groups in total. The Morgan fingerprint density at radius 2 is 1.80 bits per heavy atom. The van der Waals surface area contributed by atoms with Crippen LogP contribution in [0.25, 0.3) is 0 Å². The average Bonchev–Trinajstić information content (AvgIpc) is 2.41. The Balaban J connectivity index is 1.96. The predicted molar refractivity (Wildman–Crippen MR) is 76.6 cm³/mol. The van der Waals surface area contributed by atoms with E-state index in [1.807, 2.05) is 12.1 Å². The van der Waals surface area contributed by atoms with Crippen molar-refractivity contribution in [3.05, 3.63) is 64.4 Å². The Kier molecular flexibility index (Phi) is 4.74. The number of carbonyl (C=O) groups is 1. The van der Waals surface area contributed by atoms with Crippen LogP contribution in [0.1, 0.15) is 18.1 Å². The highest BCUT2D eigenvalue weighted by Gasteiger charge is 2.03. The van der Waals surface area contributed by atoms with Crippen LogP contribution in [0.15, 0.2) is 42.5 Å². The van der Waals surface area contributed by atoms with E-state index in [1.165, 1.54) is 12.1 Å². The summed E-state index contributed by atoms with van der Waals surface area (Å²) in [6.45, 7) is 1.82. The summed E-state index contributed by atoms with van der Waals surface area (Å²) in [7, 11) is 0. The standard InChI is InChI=1S/C16H14ClFO2/c1-11(19)8-12-2-5-14(6-3-12)20-10-13-4-7-15(17)16(18)9-13/h2-7,9H,8,10H2,1H3. The molecule has 20 heavy (non-hydrogen) atoms. The molecule has 4 heteroatoms. The number of hydrogen-bond acceptors (Lipinski definition) is 2. The first-order valence-corrected chi connectivity index (χ1v) is 6.57. The van der Waals surface area contributed by atoms with Crippen LogP contribution in [0.4, 0.5) is 4.39 Å². The molecule has 0 amide bonds. The van der Waals surface area contributed by atoms with Crippen molar-refractivity contribution in [1.82, 2.24) is 0 Å². The van der Waals surface area contributed by atoms with Gasteiger partial charge < -0.3 is 4.74 Å². The molecule has 0 saturated carbocycles. The molecule has 2 aromatic carbocycles. The van der Waals surface area contributed by atoms with Crippen molar-refractivity contribution in [2.75, 3.05) is 0 Å². The van der Waals surface area contributed by atoms with Gasteiger partial charge in [-0.1, -0.05) is 29.8 Å². The van der Waals surface area contributed by atoms with Gasteiger partial charge in [-0.3, -0.25) is 4.79 Å². The Morgan fingerprint density at radius 3 is 2.40 bits per heavy atom. The van der Waals surface area contributed by atoms with E-state index >= 15 is 0 Å². The zero-order valence-electron chi connectivity index (χ0n) is 11.0. The summed E-state index contributed by atoms with van der Waals surface area (Å²) in [5, 5.41) is 0.0994. The van der Waals surface area contributed by atoms with Gasteiger partial charge in [0.05, 0.1) is 5.02 Å². The fourth-order valence-electron chi connectivity index (χ4n) is 1.79. The van der Waals surface area contributed by atoms with Gasteiger partial charge in [-0.15, -0.1) is 0 Å². The second-order valence-corrected chi connectivity index (χ2v) is 4.97. The van der Waals surface area contributed by atoms with Gasteiger partial charge in [0, 0.05) is 6.42 Å². The van der Waals surface area contributed by atoms with Gasteiger partial charge in [-0.25, -0.2) is 4.39 Å². The van der Waals surface area contributed by atoms with Crippen LogP contribution in [0.2, 0.25) is 5.02 Å². The third-order valence-electron chi connectivity index (χ3n) is 2.77. The Hall–Kier alpha value is -1.87. The highest BCUT2D eigenvalue weighted by molar-refractivity contribution is 6.30. The van der Waals surface area contributed by atoms with E-state index in [0.29, 0.717) is 17.7 Å². The van der Waals surface area contributed by atoms with Crippen LogP contribution in [0.5, 0.6) is 5.75 Å². The van der Waals surface area contributed by atoms with Crippen LogP contribution in [-0.4, -0.2) is 5.78 Å². The van der Waals surface area contributed by atoms with Crippen LogP contribution in [0, 0.1) is 5.82 Å². The predicted octanol–water partition coefficient (Wildman–Crippen LogP) is 4.19. The maximum Gasteiger partial charge on any atom is 0.142 e. The molecule has 0 aromatic heterocycles. The summed E-state index contributed by atoms with van der Waals surface area (Å²) in [6.07, 6.45) is 0.419. The summed E-state index contributed by atoms with van der Waals surface area (Å²) in [5.41, 5.74) is 1.65. The normalized spacial score (nSPS) is 10.3. The minimum Gasteiger partial charge on any atom is -0.489 e. The summed E-state index contributed by atoms with van der Waals surface area (Å²) < 4.78 is 18.8. The van der Waals surface area contributed by atoms with Crippen molar-refractivity contribution < 1.29 is 13.9 Å². The van der Waals surface area contributed by atoms with Crippen LogP contribution in [-0.2, 0) is 17.8 Å². The number of carbonyl (C=O) groups excluding carboxylic acids is 1. The van der Waals surface area contributed by atoms with Crippen molar-refractivity contribution in [1.29, 1.82) is 0 Å². The molecular formula is C16H14ClFO2. The van der Waals surface area contributed by atoms with Gasteiger partial charge >= 0.3 is 0 Å². The SMILES string of the molecule is CC(=O)Cc1ccc(OCc2ccc(Cl)c(F)c2)cc1. The maximum atomic E-state index is 13.3. The van der Waals surface area contributed by atoms with E-state index in [0.717, 1.165) is 5.56 Å². The lowest BCUT2D eigenvalue weighted by atomic mass is 10.1. The summed E-state index contributed by atoms with van der Waals surface area (Å²) in [5.74, 6) is 0.340. The fourth-order valence-corrected chi connectivity index (χ4v) is 1.90. The number of halogens is 2. The van der Waals surface area contributed by atoms with E-state index in [2.05, 4.69) is 0 Å². The van der Waals surface area contributed by atoms with E-state index in [1.54, 1.807) is 25.1 Å². The van der Waals surface area contributed by atoms with E-state index in [4.69, 9.17) is 16.3 Å². The second-order valence-electron chi connectivity index (χ2n) is 4.56. The second kappa shape index (κ2) is 6.53. The number of hydrogen-bond donors (Lipinski definition) is 0. The zero-order valence-corrected chi connectivity index (χ0v) is 11.8. The van der Waals surface area contributed by atoms with Crippen molar-refractivity contribution in [2.24, 2.45) is 0 Å². The van der Waals surface area contributed by atoms with E-state index in [9.17, 15) is 9.18 Å². The maximum absolute atomic E-state index is 13.3. The van der Waals surface area contributed by atoms with Gasteiger partial charge in [0.15, 0.2) is 0 Å². The van der Waals surface area contributed by atoms with Crippen LogP contribution in [0.3, 0.4) is 0 Å². The molecule has 0 fully saturated rings. The smallest absolute Gasteiger partial charge is 0.142 e. The van der Waals surface area contributed by atoms with Gasteiger partial charge in [0.25, 0.3) is 0 Å². The van der Waals surface area contributed by atoms with Gasteiger partial charge in [0.1, 0.15) is 24.0 Å². The van der Waals surface area contributed by atoms with Gasteiger partial charge in [-0.2, -0.15) is 0 Å². The molecule has 0 unspecified atom stereocenters. The molecule has 0 radical (unpaired) electrons. The minimum absolute atomic E-state index is 0.0994. The first kappa shape index (κ1) is 14.5. The molecule has 2 aromatic rings. The van der Waals surface area contributed by atoms with E-state index < -0.39 is 5.82 Å². The number of rotatable bonds is 5. The zero-order chi connectivity index (χ0) is 14.5. The summed E-state index contributed by atoms with van der Waals surface area (Å²) in [6, 6.07) is 11.9. The molecule has 0 aliphatic heterocycles. The molecule has 0 spiro atoms.